The van der Waals surface area contributed by atoms with Gasteiger partial charge in [0.15, 0.2) is 0 Å². The van der Waals surface area contributed by atoms with Gasteiger partial charge in [-0.1, -0.05) is 12.1 Å². The lowest BCUT2D eigenvalue weighted by molar-refractivity contribution is -0.0261. The van der Waals surface area contributed by atoms with Crippen molar-refractivity contribution in [1.82, 2.24) is 9.88 Å². The summed E-state index contributed by atoms with van der Waals surface area (Å²) in [7, 11) is 1.53. The molecule has 1 aliphatic heterocycles. The van der Waals surface area contributed by atoms with Crippen LogP contribution in [-0.2, 0) is 11.3 Å². The molecule has 2 N–H and O–H groups in total. The van der Waals surface area contributed by atoms with Crippen LogP contribution in [0.15, 0.2) is 47.4 Å². The van der Waals surface area contributed by atoms with E-state index in [-0.39, 0.29) is 24.2 Å². The molecule has 4 rings (SSSR count). The molecule has 168 valence electrons. The SMILES string of the molecule is COc1ccc(Cn2cc(C(=O)N[C@H]3CCOCC3O)c(=O)c3c(F)ccc(F)c32)cc1. The van der Waals surface area contributed by atoms with Crippen LogP contribution in [-0.4, -0.2) is 48.1 Å². The summed E-state index contributed by atoms with van der Waals surface area (Å²) in [6.45, 7) is 0.493. The number of nitrogens with zero attached hydrogens (tertiary/aromatic N) is 1. The molecule has 1 saturated heterocycles. The van der Waals surface area contributed by atoms with Gasteiger partial charge in [0.05, 0.1) is 36.8 Å². The van der Waals surface area contributed by atoms with Crippen LogP contribution in [0, 0.1) is 11.6 Å². The molecule has 1 fully saturated rings. The molecule has 2 heterocycles. The van der Waals surface area contributed by atoms with Crippen LogP contribution in [0.1, 0.15) is 22.3 Å². The predicted molar refractivity (Wildman–Crippen MR) is 113 cm³/mol. The number of carbonyl (C=O) groups excluding carboxylic acids is 1. The van der Waals surface area contributed by atoms with Gasteiger partial charge in [-0.2, -0.15) is 0 Å². The average Bonchev–Trinajstić information content (AvgIpc) is 2.79. The lowest BCUT2D eigenvalue weighted by atomic mass is 10.0. The first-order valence-corrected chi connectivity index (χ1v) is 10.1. The number of fused-ring (bicyclic) bond motifs is 1. The van der Waals surface area contributed by atoms with Gasteiger partial charge < -0.3 is 24.5 Å². The van der Waals surface area contributed by atoms with Crippen molar-refractivity contribution in [2.75, 3.05) is 20.3 Å². The van der Waals surface area contributed by atoms with Crippen LogP contribution in [0.2, 0.25) is 0 Å². The number of ether oxygens (including phenoxy) is 2. The summed E-state index contributed by atoms with van der Waals surface area (Å²) >= 11 is 0. The summed E-state index contributed by atoms with van der Waals surface area (Å²) in [5, 5.41) is 12.2. The zero-order valence-electron chi connectivity index (χ0n) is 17.3. The standard InChI is InChI=1S/C23H22F2N2O5/c1-31-14-4-2-13(3-5-14)10-27-11-15(23(30)26-18-8-9-32-12-19(18)28)22(29)20-16(24)6-7-17(25)21(20)27/h2-7,11,18-19,28H,8-10,12H2,1H3,(H,26,30)/t18-,19?/m0/s1. The number of pyridine rings is 1. The summed E-state index contributed by atoms with van der Waals surface area (Å²) in [6.07, 6.45) is 0.658. The van der Waals surface area contributed by atoms with Crippen LogP contribution in [0.3, 0.4) is 0 Å². The van der Waals surface area contributed by atoms with Crippen LogP contribution in [0.4, 0.5) is 8.78 Å². The van der Waals surface area contributed by atoms with Crippen molar-refractivity contribution in [3.05, 3.63) is 75.6 Å². The maximum atomic E-state index is 14.7. The number of hydrogen-bond acceptors (Lipinski definition) is 5. The number of benzene rings is 2. The van der Waals surface area contributed by atoms with Crippen molar-refractivity contribution in [3.63, 3.8) is 0 Å². The smallest absolute Gasteiger partial charge is 0.257 e. The Morgan fingerprint density at radius 3 is 2.62 bits per heavy atom. The highest BCUT2D eigenvalue weighted by atomic mass is 19.1. The number of methoxy groups -OCH3 is 1. The molecule has 0 aliphatic carbocycles. The second kappa shape index (κ2) is 9.05. The van der Waals surface area contributed by atoms with E-state index >= 15 is 0 Å². The Labute approximate surface area is 182 Å². The molecule has 7 nitrogen and oxygen atoms in total. The Bertz CT molecular complexity index is 1210. The molecule has 3 aromatic rings. The second-order valence-electron chi connectivity index (χ2n) is 7.61. The number of aliphatic hydroxyl groups is 1. The topological polar surface area (TPSA) is 89.8 Å². The number of hydrogen-bond donors (Lipinski definition) is 2. The van der Waals surface area contributed by atoms with E-state index in [1.807, 2.05) is 0 Å². The molecule has 2 atom stereocenters. The van der Waals surface area contributed by atoms with E-state index in [1.54, 1.807) is 24.3 Å². The van der Waals surface area contributed by atoms with Crippen molar-refractivity contribution < 1.29 is 28.2 Å². The molecule has 1 aliphatic rings. The van der Waals surface area contributed by atoms with E-state index in [4.69, 9.17) is 9.47 Å². The fourth-order valence-corrected chi connectivity index (χ4v) is 3.80. The van der Waals surface area contributed by atoms with Gasteiger partial charge in [0, 0.05) is 19.3 Å². The summed E-state index contributed by atoms with van der Waals surface area (Å²) in [5.41, 5.74) is -0.754. The van der Waals surface area contributed by atoms with Crippen molar-refractivity contribution >= 4 is 16.8 Å². The molecule has 1 unspecified atom stereocenters. The number of aliphatic hydroxyl groups excluding tert-OH is 1. The first-order chi connectivity index (χ1) is 15.4. The summed E-state index contributed by atoms with van der Waals surface area (Å²) in [6, 6.07) is 8.13. The van der Waals surface area contributed by atoms with Crippen LogP contribution in [0.25, 0.3) is 10.9 Å². The van der Waals surface area contributed by atoms with Gasteiger partial charge in [-0.3, -0.25) is 9.59 Å². The Hall–Kier alpha value is -3.30. The zero-order valence-corrected chi connectivity index (χ0v) is 17.3. The van der Waals surface area contributed by atoms with E-state index in [0.29, 0.717) is 18.8 Å². The third-order valence-corrected chi connectivity index (χ3v) is 5.52. The zero-order chi connectivity index (χ0) is 22.8. The highest BCUT2D eigenvalue weighted by Crippen LogP contribution is 2.22. The van der Waals surface area contributed by atoms with Gasteiger partial charge in [-0.05, 0) is 36.2 Å². The van der Waals surface area contributed by atoms with Crippen LogP contribution < -0.4 is 15.5 Å². The highest BCUT2D eigenvalue weighted by Gasteiger charge is 2.27. The minimum atomic E-state index is -0.927. The fraction of sp³-hybridized carbons (Fsp3) is 0.304. The maximum absolute atomic E-state index is 14.7. The van der Waals surface area contributed by atoms with Crippen molar-refractivity contribution in [1.29, 1.82) is 0 Å². The maximum Gasteiger partial charge on any atom is 0.257 e. The molecule has 1 aromatic heterocycles. The third-order valence-electron chi connectivity index (χ3n) is 5.52. The van der Waals surface area contributed by atoms with E-state index in [1.165, 1.54) is 17.9 Å². The largest absolute Gasteiger partial charge is 0.497 e. The van der Waals surface area contributed by atoms with Crippen molar-refractivity contribution in [3.8, 4) is 5.75 Å². The normalized spacial score (nSPS) is 18.5. The van der Waals surface area contributed by atoms with E-state index in [0.717, 1.165) is 17.7 Å². The molecule has 9 heteroatoms. The lowest BCUT2D eigenvalue weighted by Crippen LogP contribution is -2.49. The van der Waals surface area contributed by atoms with Gasteiger partial charge >= 0.3 is 0 Å². The number of nitrogens with one attached hydrogen (secondary N) is 1. The molecule has 0 radical (unpaired) electrons. The minimum absolute atomic E-state index is 0.0597. The number of carbonyl (C=O) groups is 1. The van der Waals surface area contributed by atoms with E-state index in [2.05, 4.69) is 5.32 Å². The van der Waals surface area contributed by atoms with E-state index in [9.17, 15) is 23.5 Å². The molecule has 32 heavy (non-hydrogen) atoms. The van der Waals surface area contributed by atoms with Gasteiger partial charge in [0.25, 0.3) is 5.91 Å². The Morgan fingerprint density at radius 2 is 1.94 bits per heavy atom. The number of rotatable bonds is 5. The van der Waals surface area contributed by atoms with Gasteiger partial charge in [0.2, 0.25) is 5.43 Å². The molecular formula is C23H22F2N2O5. The number of aromatic nitrogens is 1. The van der Waals surface area contributed by atoms with E-state index < -0.39 is 40.5 Å². The molecular weight excluding hydrogens is 422 g/mol. The second-order valence-corrected chi connectivity index (χ2v) is 7.61. The van der Waals surface area contributed by atoms with Gasteiger partial charge in [-0.15, -0.1) is 0 Å². The molecule has 0 saturated carbocycles. The van der Waals surface area contributed by atoms with Crippen molar-refractivity contribution in [2.45, 2.75) is 25.1 Å². The van der Waals surface area contributed by atoms with Gasteiger partial charge in [0.1, 0.15) is 22.9 Å². The lowest BCUT2D eigenvalue weighted by Gasteiger charge is -2.28. The summed E-state index contributed by atoms with van der Waals surface area (Å²) in [4.78, 5) is 25.9. The van der Waals surface area contributed by atoms with Crippen LogP contribution >= 0.6 is 0 Å². The average molecular weight is 444 g/mol. The number of amides is 1. The molecule has 0 spiro atoms. The van der Waals surface area contributed by atoms with Gasteiger partial charge in [-0.25, -0.2) is 8.78 Å². The highest BCUT2D eigenvalue weighted by molar-refractivity contribution is 5.97. The quantitative estimate of drug-likeness (QED) is 0.630. The van der Waals surface area contributed by atoms with Crippen molar-refractivity contribution in [2.24, 2.45) is 0 Å². The first kappa shape index (κ1) is 21.9. The predicted octanol–water partition coefficient (Wildman–Crippen LogP) is 2.22. The Balaban J connectivity index is 1.79. The molecule has 0 bridgehead atoms. The molecule has 1 amide bonds. The third kappa shape index (κ3) is 4.21. The monoisotopic (exact) mass is 444 g/mol. The Morgan fingerprint density at radius 1 is 1.22 bits per heavy atom. The summed E-state index contributed by atoms with van der Waals surface area (Å²) < 4.78 is 40.9. The first-order valence-electron chi connectivity index (χ1n) is 10.1. The van der Waals surface area contributed by atoms with Crippen LogP contribution in [0.5, 0.6) is 5.75 Å². The fourth-order valence-electron chi connectivity index (χ4n) is 3.80. The Kier molecular flexibility index (Phi) is 6.20. The molecule has 2 aromatic carbocycles. The minimum Gasteiger partial charge on any atom is -0.497 e. The number of halogens is 2. The summed E-state index contributed by atoms with van der Waals surface area (Å²) in [5.74, 6) is -1.84.